The van der Waals surface area contributed by atoms with Gasteiger partial charge in [-0.25, -0.2) is 9.97 Å². The normalized spacial score (nSPS) is 10.2. The Kier molecular flexibility index (Phi) is 6.03. The maximum Gasteiger partial charge on any atom is 0.274 e. The van der Waals surface area contributed by atoms with Gasteiger partial charge in [-0.05, 0) is 48.9 Å². The number of nitrogens with zero attached hydrogens (tertiary/aromatic N) is 2. The molecule has 0 atom stereocenters. The standard InChI is InChI=1S/C21H21N5O3/c1-13-4-9-19(29-3)17(10-13)26-20-11-18(22-12-23-20)21(28)25-16-7-5-15(6-8-16)24-14(2)27/h4-12H,1-3H3,(H,24,27)(H,25,28)(H,22,23,26). The van der Waals surface area contributed by atoms with Crippen LogP contribution in [0.4, 0.5) is 22.9 Å². The van der Waals surface area contributed by atoms with Crippen LogP contribution in [0.2, 0.25) is 0 Å². The lowest BCUT2D eigenvalue weighted by atomic mass is 10.2. The zero-order valence-electron chi connectivity index (χ0n) is 16.3. The van der Waals surface area contributed by atoms with E-state index in [0.717, 1.165) is 11.3 Å². The third kappa shape index (κ3) is 5.29. The molecule has 0 bridgehead atoms. The van der Waals surface area contributed by atoms with E-state index in [1.54, 1.807) is 37.4 Å². The fourth-order valence-corrected chi connectivity index (χ4v) is 2.64. The van der Waals surface area contributed by atoms with Crippen molar-refractivity contribution in [1.82, 2.24) is 9.97 Å². The van der Waals surface area contributed by atoms with Crippen molar-refractivity contribution in [3.8, 4) is 5.75 Å². The zero-order chi connectivity index (χ0) is 20.8. The molecular weight excluding hydrogens is 370 g/mol. The molecule has 8 nitrogen and oxygen atoms in total. The van der Waals surface area contributed by atoms with Gasteiger partial charge in [0.25, 0.3) is 5.91 Å². The number of nitrogens with one attached hydrogen (secondary N) is 3. The van der Waals surface area contributed by atoms with Crippen molar-refractivity contribution in [2.75, 3.05) is 23.1 Å². The van der Waals surface area contributed by atoms with Gasteiger partial charge < -0.3 is 20.7 Å². The van der Waals surface area contributed by atoms with Crippen molar-refractivity contribution in [2.24, 2.45) is 0 Å². The first-order valence-corrected chi connectivity index (χ1v) is 8.87. The monoisotopic (exact) mass is 391 g/mol. The Morgan fingerprint density at radius 3 is 2.28 bits per heavy atom. The number of hydrogen-bond donors (Lipinski definition) is 3. The first-order valence-electron chi connectivity index (χ1n) is 8.87. The highest BCUT2D eigenvalue weighted by molar-refractivity contribution is 6.03. The summed E-state index contributed by atoms with van der Waals surface area (Å²) in [6, 6.07) is 14.1. The largest absolute Gasteiger partial charge is 0.495 e. The SMILES string of the molecule is COc1ccc(C)cc1Nc1cc(C(=O)Nc2ccc(NC(C)=O)cc2)ncn1. The second kappa shape index (κ2) is 8.83. The Bertz CT molecular complexity index is 1030. The number of rotatable bonds is 6. The lowest BCUT2D eigenvalue weighted by Crippen LogP contribution is -2.14. The molecule has 0 aliphatic rings. The smallest absolute Gasteiger partial charge is 0.274 e. The van der Waals surface area contributed by atoms with Gasteiger partial charge in [0.1, 0.15) is 23.6 Å². The van der Waals surface area contributed by atoms with Crippen LogP contribution in [0.1, 0.15) is 23.0 Å². The van der Waals surface area contributed by atoms with Crippen LogP contribution < -0.4 is 20.7 Å². The molecule has 0 aliphatic heterocycles. The minimum atomic E-state index is -0.376. The van der Waals surface area contributed by atoms with Crippen molar-refractivity contribution >= 4 is 34.7 Å². The van der Waals surface area contributed by atoms with E-state index >= 15 is 0 Å². The molecule has 2 amide bonds. The van der Waals surface area contributed by atoms with Crippen LogP contribution in [-0.2, 0) is 4.79 Å². The van der Waals surface area contributed by atoms with Gasteiger partial charge in [-0.3, -0.25) is 9.59 Å². The van der Waals surface area contributed by atoms with E-state index in [-0.39, 0.29) is 17.5 Å². The minimum absolute atomic E-state index is 0.159. The summed E-state index contributed by atoms with van der Waals surface area (Å²) in [5.74, 6) is 0.599. The van der Waals surface area contributed by atoms with Gasteiger partial charge in [0, 0.05) is 24.4 Å². The van der Waals surface area contributed by atoms with Crippen LogP contribution in [0.3, 0.4) is 0 Å². The number of carbonyl (C=O) groups is 2. The first-order chi connectivity index (χ1) is 13.9. The molecule has 2 aromatic carbocycles. The van der Waals surface area contributed by atoms with E-state index in [1.807, 2.05) is 25.1 Å². The van der Waals surface area contributed by atoms with Crippen molar-refractivity contribution < 1.29 is 14.3 Å². The average molecular weight is 391 g/mol. The predicted molar refractivity (Wildman–Crippen MR) is 112 cm³/mol. The number of ether oxygens (including phenoxy) is 1. The third-order valence-corrected chi connectivity index (χ3v) is 3.98. The molecule has 29 heavy (non-hydrogen) atoms. The van der Waals surface area contributed by atoms with Crippen LogP contribution in [0.5, 0.6) is 5.75 Å². The number of hydrogen-bond acceptors (Lipinski definition) is 6. The fourth-order valence-electron chi connectivity index (χ4n) is 2.64. The van der Waals surface area contributed by atoms with Crippen LogP contribution in [0.25, 0.3) is 0 Å². The summed E-state index contributed by atoms with van der Waals surface area (Å²) in [4.78, 5) is 31.8. The Balaban J connectivity index is 1.73. The minimum Gasteiger partial charge on any atom is -0.495 e. The Morgan fingerprint density at radius 2 is 1.62 bits per heavy atom. The molecule has 0 saturated heterocycles. The Labute approximate surface area is 168 Å². The van der Waals surface area contributed by atoms with Crippen LogP contribution in [0, 0.1) is 6.92 Å². The molecule has 1 heterocycles. The molecule has 148 valence electrons. The van der Waals surface area contributed by atoms with E-state index in [0.29, 0.717) is 22.9 Å². The fraction of sp³-hybridized carbons (Fsp3) is 0.143. The van der Waals surface area contributed by atoms with Crippen molar-refractivity contribution in [1.29, 1.82) is 0 Å². The van der Waals surface area contributed by atoms with Gasteiger partial charge >= 0.3 is 0 Å². The molecule has 0 fully saturated rings. The Hall–Kier alpha value is -3.94. The molecule has 3 N–H and O–H groups in total. The number of aromatic nitrogens is 2. The van der Waals surface area contributed by atoms with E-state index in [1.165, 1.54) is 13.3 Å². The Morgan fingerprint density at radius 1 is 0.931 bits per heavy atom. The summed E-state index contributed by atoms with van der Waals surface area (Å²) in [7, 11) is 1.59. The molecule has 8 heteroatoms. The molecule has 0 unspecified atom stereocenters. The molecule has 0 radical (unpaired) electrons. The molecule has 1 aromatic heterocycles. The zero-order valence-corrected chi connectivity index (χ0v) is 16.3. The van der Waals surface area contributed by atoms with Gasteiger partial charge in [-0.2, -0.15) is 0 Å². The second-order valence-corrected chi connectivity index (χ2v) is 6.33. The first kappa shape index (κ1) is 19.8. The van der Waals surface area contributed by atoms with Crippen molar-refractivity contribution in [3.63, 3.8) is 0 Å². The van der Waals surface area contributed by atoms with Gasteiger partial charge in [0.2, 0.25) is 5.91 Å². The van der Waals surface area contributed by atoms with E-state index < -0.39 is 0 Å². The third-order valence-electron chi connectivity index (χ3n) is 3.98. The van der Waals surface area contributed by atoms with Gasteiger partial charge in [-0.1, -0.05) is 6.07 Å². The van der Waals surface area contributed by atoms with E-state index in [9.17, 15) is 9.59 Å². The maximum atomic E-state index is 12.5. The lowest BCUT2D eigenvalue weighted by Gasteiger charge is -2.12. The lowest BCUT2D eigenvalue weighted by molar-refractivity contribution is -0.114. The highest BCUT2D eigenvalue weighted by atomic mass is 16.5. The van der Waals surface area contributed by atoms with Gasteiger partial charge in [0.05, 0.1) is 12.8 Å². The number of carbonyl (C=O) groups excluding carboxylic acids is 2. The van der Waals surface area contributed by atoms with Gasteiger partial charge in [0.15, 0.2) is 0 Å². The molecular formula is C21H21N5O3. The predicted octanol–water partition coefficient (Wildman–Crippen LogP) is 3.75. The second-order valence-electron chi connectivity index (χ2n) is 6.33. The van der Waals surface area contributed by atoms with E-state index in [4.69, 9.17) is 4.74 Å². The van der Waals surface area contributed by atoms with Crippen molar-refractivity contribution in [2.45, 2.75) is 13.8 Å². The molecule has 0 saturated carbocycles. The summed E-state index contributed by atoms with van der Waals surface area (Å²) in [5, 5.41) is 8.59. The van der Waals surface area contributed by atoms with Crippen LogP contribution in [-0.4, -0.2) is 28.9 Å². The van der Waals surface area contributed by atoms with Crippen molar-refractivity contribution in [3.05, 3.63) is 66.1 Å². The molecule has 3 rings (SSSR count). The molecule has 0 spiro atoms. The number of anilines is 4. The van der Waals surface area contributed by atoms with Gasteiger partial charge in [-0.15, -0.1) is 0 Å². The topological polar surface area (TPSA) is 105 Å². The molecule has 3 aromatic rings. The van der Waals surface area contributed by atoms with Crippen LogP contribution >= 0.6 is 0 Å². The summed E-state index contributed by atoms with van der Waals surface area (Å²) in [5.41, 5.74) is 3.24. The average Bonchev–Trinajstić information content (AvgIpc) is 2.69. The highest BCUT2D eigenvalue weighted by Crippen LogP contribution is 2.28. The number of benzene rings is 2. The number of aryl methyl sites for hydroxylation is 1. The molecule has 0 aliphatic carbocycles. The summed E-state index contributed by atoms with van der Waals surface area (Å²) in [6.45, 7) is 3.41. The summed E-state index contributed by atoms with van der Waals surface area (Å²) >= 11 is 0. The highest BCUT2D eigenvalue weighted by Gasteiger charge is 2.11. The number of methoxy groups -OCH3 is 1. The quantitative estimate of drug-likeness (QED) is 0.591. The van der Waals surface area contributed by atoms with Crippen LogP contribution in [0.15, 0.2) is 54.9 Å². The summed E-state index contributed by atoms with van der Waals surface area (Å²) in [6.07, 6.45) is 1.32. The van der Waals surface area contributed by atoms with E-state index in [2.05, 4.69) is 25.9 Å². The maximum absolute atomic E-state index is 12.5. The summed E-state index contributed by atoms with van der Waals surface area (Å²) < 4.78 is 5.35. The number of amides is 2.